The second-order valence-corrected chi connectivity index (χ2v) is 8.46. The van der Waals surface area contributed by atoms with Crippen molar-refractivity contribution in [3.05, 3.63) is 88.8 Å². The van der Waals surface area contributed by atoms with Gasteiger partial charge in [-0.05, 0) is 18.2 Å². The molecule has 0 unspecified atom stereocenters. The van der Waals surface area contributed by atoms with Crippen molar-refractivity contribution in [2.24, 2.45) is 0 Å². The number of hydrogen-bond acceptors (Lipinski definition) is 0. The maximum absolute atomic E-state index is 14.3. The lowest BCUT2D eigenvalue weighted by atomic mass is 10.3. The molecule has 0 fully saturated rings. The summed E-state index contributed by atoms with van der Waals surface area (Å²) < 4.78 is 122. The zero-order valence-corrected chi connectivity index (χ0v) is 14.6. The highest BCUT2D eigenvalue weighted by Gasteiger charge is 2.37. The van der Waals surface area contributed by atoms with Crippen molar-refractivity contribution < 1.29 is 39.5 Å². The molecule has 10 heteroatoms. The predicted octanol–water partition coefficient (Wildman–Crippen LogP) is 3.45. The van der Waals surface area contributed by atoms with E-state index in [1.54, 1.807) is 0 Å². The Bertz CT molecular complexity index is 945. The highest BCUT2D eigenvalue weighted by Crippen LogP contribution is 2.15. The topological polar surface area (TPSA) is 0 Å². The van der Waals surface area contributed by atoms with Gasteiger partial charge in [-0.3, -0.25) is 0 Å². The van der Waals surface area contributed by atoms with Gasteiger partial charge in [0.25, 0.3) is 0 Å². The van der Waals surface area contributed by atoms with Crippen LogP contribution in [-0.4, -0.2) is 14.1 Å². The minimum atomic E-state index is -3.92. The van der Waals surface area contributed by atoms with Gasteiger partial charge in [0.15, 0.2) is 34.9 Å². The molecule has 0 aromatic heterocycles. The lowest BCUT2D eigenvalue weighted by Gasteiger charge is -2.17. The fraction of sp³-hybridized carbons (Fsp3) is 0. The molecular weight excluding hydrogens is 414 g/mol. The molecule has 144 valence electrons. The number of rotatable bonds is 3. The molecule has 0 aliphatic carbocycles. The first kappa shape index (κ1) is 20.3. The standard InChI is InChI=1S/3C6H2F3.Al/c3*7-4-2-1-3-5(8)6(4)9;/h3*1-2H;. The largest absolute Gasteiger partial charge is 0.398 e. The summed E-state index contributed by atoms with van der Waals surface area (Å²) in [7, 11) is 0. The fourth-order valence-electron chi connectivity index (χ4n) is 2.79. The molecule has 3 aromatic rings. The second kappa shape index (κ2) is 7.53. The molecule has 0 radical (unpaired) electrons. The smallest absolute Gasteiger partial charge is 0.205 e. The second-order valence-electron chi connectivity index (χ2n) is 5.73. The van der Waals surface area contributed by atoms with Crippen molar-refractivity contribution in [3.8, 4) is 0 Å². The van der Waals surface area contributed by atoms with Crippen molar-refractivity contribution in [1.82, 2.24) is 0 Å². The van der Waals surface area contributed by atoms with Crippen LogP contribution < -0.4 is 13.3 Å². The minimum Gasteiger partial charge on any atom is -0.205 e. The monoisotopic (exact) mass is 420 g/mol. The van der Waals surface area contributed by atoms with Gasteiger partial charge in [-0.2, -0.15) is 0 Å². The lowest BCUT2D eigenvalue weighted by Crippen LogP contribution is -2.56. The SMILES string of the molecule is Fc1cc[c]([Al]([c]2ccc(F)c(F)c2F)[c]2ccc(F)c(F)c2F)c(F)c1F. The van der Waals surface area contributed by atoms with E-state index >= 15 is 0 Å². The molecule has 0 saturated heterocycles. The van der Waals surface area contributed by atoms with Gasteiger partial charge < -0.3 is 0 Å². The maximum Gasteiger partial charge on any atom is 0.398 e. The van der Waals surface area contributed by atoms with Gasteiger partial charge in [-0.15, -0.1) is 0 Å². The van der Waals surface area contributed by atoms with Crippen LogP contribution in [0.3, 0.4) is 0 Å². The van der Waals surface area contributed by atoms with E-state index in [2.05, 4.69) is 0 Å². The first-order valence-corrected chi connectivity index (χ1v) is 9.28. The molecule has 0 atom stereocenters. The van der Waals surface area contributed by atoms with Gasteiger partial charge in [0, 0.05) is 0 Å². The normalized spacial score (nSPS) is 11.0. The summed E-state index contributed by atoms with van der Waals surface area (Å²) in [5, 5.41) is 0. The highest BCUT2D eigenvalue weighted by atomic mass is 27.2. The third kappa shape index (κ3) is 3.27. The maximum atomic E-state index is 14.3. The number of halogens is 9. The fourth-order valence-corrected chi connectivity index (χ4v) is 5.81. The summed E-state index contributed by atoms with van der Waals surface area (Å²) in [4.78, 5) is 0. The third-order valence-corrected chi connectivity index (χ3v) is 7.33. The summed E-state index contributed by atoms with van der Waals surface area (Å²) >= 11 is -3.92. The Morgan fingerprint density at radius 2 is 0.607 bits per heavy atom. The molecule has 0 bridgehead atoms. The van der Waals surface area contributed by atoms with Crippen LogP contribution in [0.4, 0.5) is 39.5 Å². The van der Waals surface area contributed by atoms with Crippen LogP contribution >= 0.6 is 0 Å². The molecule has 28 heavy (non-hydrogen) atoms. The average molecular weight is 420 g/mol. The van der Waals surface area contributed by atoms with E-state index < -0.39 is 79.8 Å². The molecule has 0 spiro atoms. The van der Waals surface area contributed by atoms with Crippen LogP contribution in [0.15, 0.2) is 36.4 Å². The van der Waals surface area contributed by atoms with Crippen LogP contribution in [-0.2, 0) is 0 Å². The molecule has 3 rings (SSSR count). The van der Waals surface area contributed by atoms with Gasteiger partial charge in [0.05, 0.1) is 0 Å². The predicted molar refractivity (Wildman–Crippen MR) is 83.6 cm³/mol. The van der Waals surface area contributed by atoms with Crippen molar-refractivity contribution in [2.75, 3.05) is 0 Å². The zero-order valence-electron chi connectivity index (χ0n) is 13.4. The van der Waals surface area contributed by atoms with Crippen molar-refractivity contribution in [3.63, 3.8) is 0 Å². The van der Waals surface area contributed by atoms with Gasteiger partial charge in [-0.25, -0.2) is 39.5 Å². The van der Waals surface area contributed by atoms with Crippen molar-refractivity contribution in [2.45, 2.75) is 0 Å². The van der Waals surface area contributed by atoms with Crippen molar-refractivity contribution >= 4 is 27.4 Å². The summed E-state index contributed by atoms with van der Waals surface area (Å²) in [6, 6.07) is 3.36. The van der Waals surface area contributed by atoms with Crippen molar-refractivity contribution in [1.29, 1.82) is 0 Å². The first-order chi connectivity index (χ1) is 13.1. The van der Waals surface area contributed by atoms with Crippen LogP contribution in [0.2, 0.25) is 0 Å². The first-order valence-electron chi connectivity index (χ1n) is 7.55. The molecule has 0 heterocycles. The molecule has 0 aliphatic rings. The highest BCUT2D eigenvalue weighted by molar-refractivity contribution is 6.95. The van der Waals surface area contributed by atoms with Crippen LogP contribution in [0, 0.1) is 52.4 Å². The summed E-state index contributed by atoms with van der Waals surface area (Å²) in [5.74, 6) is -16.2. The molecule has 0 amide bonds. The quantitative estimate of drug-likeness (QED) is 0.346. The van der Waals surface area contributed by atoms with E-state index in [0.717, 1.165) is 0 Å². The van der Waals surface area contributed by atoms with E-state index in [4.69, 9.17) is 0 Å². The molecule has 0 aliphatic heterocycles. The minimum absolute atomic E-state index is 0.462. The Hall–Kier alpha value is -2.44. The van der Waals surface area contributed by atoms with E-state index in [0.29, 0.717) is 36.4 Å². The summed E-state index contributed by atoms with van der Waals surface area (Å²) in [6.45, 7) is 0. The van der Waals surface area contributed by atoms with E-state index in [9.17, 15) is 39.5 Å². The Labute approximate surface area is 156 Å². The molecule has 0 nitrogen and oxygen atoms in total. The van der Waals surface area contributed by atoms with Crippen LogP contribution in [0.1, 0.15) is 0 Å². The van der Waals surface area contributed by atoms with Gasteiger partial charge in [0.2, 0.25) is 0 Å². The zero-order chi connectivity index (χ0) is 20.7. The van der Waals surface area contributed by atoms with E-state index in [1.165, 1.54) is 0 Å². The summed E-state index contributed by atoms with van der Waals surface area (Å²) in [5.41, 5.74) is 0. The molecular formula is C18H6AlF9. The molecule has 3 aromatic carbocycles. The Kier molecular flexibility index (Phi) is 5.46. The molecule has 0 saturated carbocycles. The molecule has 0 N–H and O–H groups in total. The van der Waals surface area contributed by atoms with Gasteiger partial charge >= 0.3 is 14.1 Å². The van der Waals surface area contributed by atoms with E-state index in [1.807, 2.05) is 0 Å². The lowest BCUT2D eigenvalue weighted by molar-refractivity contribution is 0.448. The average Bonchev–Trinajstić information content (AvgIpc) is 2.67. The van der Waals surface area contributed by atoms with Gasteiger partial charge in [0.1, 0.15) is 17.5 Å². The van der Waals surface area contributed by atoms with Crippen LogP contribution in [0.5, 0.6) is 0 Å². The van der Waals surface area contributed by atoms with Gasteiger partial charge in [-0.1, -0.05) is 31.5 Å². The van der Waals surface area contributed by atoms with Crippen LogP contribution in [0.25, 0.3) is 0 Å². The Morgan fingerprint density at radius 1 is 0.357 bits per heavy atom. The third-order valence-electron chi connectivity index (χ3n) is 4.13. The Balaban J connectivity index is 2.38. The Morgan fingerprint density at radius 3 is 0.857 bits per heavy atom. The van der Waals surface area contributed by atoms with E-state index in [-0.39, 0.29) is 0 Å². The number of benzene rings is 3. The summed E-state index contributed by atoms with van der Waals surface area (Å²) in [6.07, 6.45) is 0. The number of hydrogen-bond donors (Lipinski definition) is 0.